The summed E-state index contributed by atoms with van der Waals surface area (Å²) in [6, 6.07) is 13.7. The van der Waals surface area contributed by atoms with Crippen LogP contribution in [0.3, 0.4) is 0 Å². The zero-order valence-electron chi connectivity index (χ0n) is 10.1. The lowest BCUT2D eigenvalue weighted by atomic mass is 10.2. The SMILES string of the molecule is CCOc1cccc(Nc2ccc(N)cc2I)c1. The Hall–Kier alpha value is -1.43. The summed E-state index contributed by atoms with van der Waals surface area (Å²) in [5.41, 5.74) is 8.55. The van der Waals surface area contributed by atoms with Crippen LogP contribution in [-0.2, 0) is 0 Å². The minimum absolute atomic E-state index is 0.670. The van der Waals surface area contributed by atoms with E-state index < -0.39 is 0 Å². The predicted octanol–water partition coefficient (Wildman–Crippen LogP) is 4.02. The second-order valence-electron chi connectivity index (χ2n) is 3.83. The van der Waals surface area contributed by atoms with Gasteiger partial charge >= 0.3 is 0 Å². The van der Waals surface area contributed by atoms with Crippen molar-refractivity contribution in [1.29, 1.82) is 0 Å². The van der Waals surface area contributed by atoms with Crippen molar-refractivity contribution in [3.63, 3.8) is 0 Å². The predicted molar refractivity (Wildman–Crippen MR) is 84.5 cm³/mol. The highest BCUT2D eigenvalue weighted by Gasteiger charge is 2.01. The first-order valence-electron chi connectivity index (χ1n) is 5.74. The highest BCUT2D eigenvalue weighted by molar-refractivity contribution is 14.1. The maximum absolute atomic E-state index is 5.73. The lowest BCUT2D eigenvalue weighted by Crippen LogP contribution is -1.96. The molecule has 0 amide bonds. The molecule has 0 spiro atoms. The first-order chi connectivity index (χ1) is 8.69. The molecule has 0 saturated carbocycles. The number of anilines is 3. The average Bonchev–Trinajstić information content (AvgIpc) is 2.34. The summed E-state index contributed by atoms with van der Waals surface area (Å²) in [6.45, 7) is 2.64. The van der Waals surface area contributed by atoms with Gasteiger partial charge in [-0.25, -0.2) is 0 Å². The monoisotopic (exact) mass is 354 g/mol. The third-order valence-electron chi connectivity index (χ3n) is 2.42. The van der Waals surface area contributed by atoms with E-state index in [0.29, 0.717) is 6.61 Å². The van der Waals surface area contributed by atoms with Crippen molar-refractivity contribution in [2.75, 3.05) is 17.7 Å². The van der Waals surface area contributed by atoms with Gasteiger partial charge in [0.15, 0.2) is 0 Å². The third kappa shape index (κ3) is 3.29. The van der Waals surface area contributed by atoms with Crippen LogP contribution in [0.25, 0.3) is 0 Å². The van der Waals surface area contributed by atoms with E-state index >= 15 is 0 Å². The molecule has 0 aliphatic rings. The topological polar surface area (TPSA) is 47.3 Å². The van der Waals surface area contributed by atoms with Crippen LogP contribution < -0.4 is 15.8 Å². The lowest BCUT2D eigenvalue weighted by molar-refractivity contribution is 0.340. The Bertz CT molecular complexity index is 543. The number of benzene rings is 2. The molecular formula is C14H15IN2O. The summed E-state index contributed by atoms with van der Waals surface area (Å²) >= 11 is 2.26. The lowest BCUT2D eigenvalue weighted by Gasteiger charge is -2.10. The molecular weight excluding hydrogens is 339 g/mol. The molecule has 94 valence electrons. The van der Waals surface area contributed by atoms with E-state index in [4.69, 9.17) is 10.5 Å². The Morgan fingerprint density at radius 1 is 1.22 bits per heavy atom. The van der Waals surface area contributed by atoms with Crippen molar-refractivity contribution in [3.8, 4) is 5.75 Å². The Morgan fingerprint density at radius 2 is 2.06 bits per heavy atom. The van der Waals surface area contributed by atoms with Gasteiger partial charge in [-0.2, -0.15) is 0 Å². The number of hydrogen-bond acceptors (Lipinski definition) is 3. The highest BCUT2D eigenvalue weighted by Crippen LogP contribution is 2.26. The van der Waals surface area contributed by atoms with Gasteiger partial charge in [-0.3, -0.25) is 0 Å². The van der Waals surface area contributed by atoms with Gasteiger partial charge in [0.05, 0.1) is 12.3 Å². The first-order valence-corrected chi connectivity index (χ1v) is 6.82. The van der Waals surface area contributed by atoms with Gasteiger partial charge < -0.3 is 15.8 Å². The number of nitrogens with one attached hydrogen (secondary N) is 1. The summed E-state index contributed by atoms with van der Waals surface area (Å²) in [7, 11) is 0. The average molecular weight is 354 g/mol. The number of hydrogen-bond donors (Lipinski definition) is 2. The van der Waals surface area contributed by atoms with E-state index in [1.54, 1.807) is 0 Å². The molecule has 0 fully saturated rings. The number of halogens is 1. The van der Waals surface area contributed by atoms with Crippen molar-refractivity contribution >= 4 is 39.7 Å². The van der Waals surface area contributed by atoms with E-state index in [-0.39, 0.29) is 0 Å². The molecule has 0 heterocycles. The van der Waals surface area contributed by atoms with Gasteiger partial charge in [-0.1, -0.05) is 6.07 Å². The van der Waals surface area contributed by atoms with Crippen LogP contribution >= 0.6 is 22.6 Å². The summed E-state index contributed by atoms with van der Waals surface area (Å²) < 4.78 is 6.56. The summed E-state index contributed by atoms with van der Waals surface area (Å²) in [4.78, 5) is 0. The molecule has 2 aromatic carbocycles. The fourth-order valence-electron chi connectivity index (χ4n) is 1.62. The van der Waals surface area contributed by atoms with Crippen LogP contribution in [0.1, 0.15) is 6.92 Å². The molecule has 18 heavy (non-hydrogen) atoms. The van der Waals surface area contributed by atoms with Crippen molar-refractivity contribution in [2.24, 2.45) is 0 Å². The molecule has 3 nitrogen and oxygen atoms in total. The van der Waals surface area contributed by atoms with E-state index in [0.717, 1.165) is 26.4 Å². The largest absolute Gasteiger partial charge is 0.494 e. The van der Waals surface area contributed by atoms with Crippen molar-refractivity contribution in [3.05, 3.63) is 46.0 Å². The van der Waals surface area contributed by atoms with Crippen LogP contribution in [0.15, 0.2) is 42.5 Å². The molecule has 4 heteroatoms. The zero-order valence-corrected chi connectivity index (χ0v) is 12.3. The molecule has 2 rings (SSSR count). The molecule has 0 unspecified atom stereocenters. The van der Waals surface area contributed by atoms with E-state index in [1.165, 1.54) is 0 Å². The zero-order chi connectivity index (χ0) is 13.0. The first kappa shape index (κ1) is 13.0. The molecule has 2 aromatic rings. The van der Waals surface area contributed by atoms with Crippen LogP contribution in [0.4, 0.5) is 17.1 Å². The van der Waals surface area contributed by atoms with E-state index in [1.807, 2.05) is 49.4 Å². The standard InChI is InChI=1S/C14H15IN2O/c1-2-18-12-5-3-4-11(9-12)17-14-7-6-10(16)8-13(14)15/h3-9,17H,2,16H2,1H3. The Kier molecular flexibility index (Phi) is 4.30. The molecule has 0 radical (unpaired) electrons. The van der Waals surface area contributed by atoms with Crippen LogP contribution in [0.5, 0.6) is 5.75 Å². The van der Waals surface area contributed by atoms with Crippen LogP contribution in [0.2, 0.25) is 0 Å². The quantitative estimate of drug-likeness (QED) is 0.644. The van der Waals surface area contributed by atoms with Gasteiger partial charge in [-0.05, 0) is 59.8 Å². The minimum Gasteiger partial charge on any atom is -0.494 e. The van der Waals surface area contributed by atoms with Crippen molar-refractivity contribution in [1.82, 2.24) is 0 Å². The molecule has 0 bridgehead atoms. The number of nitrogens with two attached hydrogens (primary N) is 1. The molecule has 0 atom stereocenters. The highest BCUT2D eigenvalue weighted by atomic mass is 127. The normalized spacial score (nSPS) is 10.1. The summed E-state index contributed by atoms with van der Waals surface area (Å²) in [5, 5.41) is 3.36. The molecule has 0 aliphatic carbocycles. The van der Waals surface area contributed by atoms with Crippen molar-refractivity contribution in [2.45, 2.75) is 6.92 Å². The van der Waals surface area contributed by atoms with E-state index in [2.05, 4.69) is 27.9 Å². The van der Waals surface area contributed by atoms with Gasteiger partial charge in [-0.15, -0.1) is 0 Å². The fraction of sp³-hybridized carbons (Fsp3) is 0.143. The maximum atomic E-state index is 5.73. The Balaban J connectivity index is 2.20. The smallest absolute Gasteiger partial charge is 0.121 e. The van der Waals surface area contributed by atoms with E-state index in [9.17, 15) is 0 Å². The maximum Gasteiger partial charge on any atom is 0.121 e. The van der Waals surface area contributed by atoms with Crippen LogP contribution in [-0.4, -0.2) is 6.61 Å². The minimum atomic E-state index is 0.670. The van der Waals surface area contributed by atoms with Crippen molar-refractivity contribution < 1.29 is 4.74 Å². The molecule has 0 aliphatic heterocycles. The Labute approximate surface area is 120 Å². The van der Waals surface area contributed by atoms with Gasteiger partial charge in [0, 0.05) is 21.0 Å². The number of ether oxygens (including phenoxy) is 1. The number of rotatable bonds is 4. The van der Waals surface area contributed by atoms with Gasteiger partial charge in [0.25, 0.3) is 0 Å². The van der Waals surface area contributed by atoms with Gasteiger partial charge in [0.2, 0.25) is 0 Å². The second-order valence-corrected chi connectivity index (χ2v) is 4.99. The molecule has 3 N–H and O–H groups in total. The van der Waals surface area contributed by atoms with Crippen LogP contribution in [0, 0.1) is 3.57 Å². The number of nitrogen functional groups attached to an aromatic ring is 1. The Morgan fingerprint density at radius 3 is 2.78 bits per heavy atom. The van der Waals surface area contributed by atoms with Gasteiger partial charge in [0.1, 0.15) is 5.75 Å². The summed E-state index contributed by atoms with van der Waals surface area (Å²) in [5.74, 6) is 0.868. The second kappa shape index (κ2) is 5.95. The molecule has 0 saturated heterocycles. The summed E-state index contributed by atoms with van der Waals surface area (Å²) in [6.07, 6.45) is 0. The molecule has 0 aromatic heterocycles. The fourth-order valence-corrected chi connectivity index (χ4v) is 2.29. The third-order valence-corrected chi connectivity index (χ3v) is 3.31.